The number of hydrogen-bond acceptors (Lipinski definition) is 4. The maximum Gasteiger partial charge on any atom is 0.148 e. The number of rotatable bonds is 4. The maximum atomic E-state index is 4.46. The van der Waals surface area contributed by atoms with Crippen molar-refractivity contribution in [1.29, 1.82) is 0 Å². The Kier molecular flexibility index (Phi) is 3.54. The normalized spacial score (nSPS) is 10.7. The van der Waals surface area contributed by atoms with E-state index >= 15 is 0 Å². The Morgan fingerprint density at radius 1 is 1.00 bits per heavy atom. The minimum absolute atomic E-state index is 0.809. The molecule has 0 fully saturated rings. The molecule has 3 aromatic rings. The summed E-state index contributed by atoms with van der Waals surface area (Å²) in [6, 6.07) is 14.2. The summed E-state index contributed by atoms with van der Waals surface area (Å²) in [6.07, 6.45) is 2.74. The lowest BCUT2D eigenvalue weighted by Gasteiger charge is -2.07. The second-order valence-corrected chi connectivity index (χ2v) is 4.73. The van der Waals surface area contributed by atoms with Crippen LogP contribution in [0.15, 0.2) is 48.7 Å². The smallest absolute Gasteiger partial charge is 0.148 e. The second kappa shape index (κ2) is 5.65. The Hall–Kier alpha value is -2.49. The van der Waals surface area contributed by atoms with Crippen molar-refractivity contribution in [2.45, 2.75) is 13.3 Å². The SMILES string of the molecule is Cc1ccc(NCCc2cccc3cccnc23)nn1. The van der Waals surface area contributed by atoms with Crippen molar-refractivity contribution in [2.75, 3.05) is 11.9 Å². The van der Waals surface area contributed by atoms with Crippen molar-refractivity contribution in [3.8, 4) is 0 Å². The molecule has 0 aliphatic rings. The molecule has 4 nitrogen and oxygen atoms in total. The van der Waals surface area contributed by atoms with Crippen LogP contribution in [0, 0.1) is 6.92 Å². The van der Waals surface area contributed by atoms with E-state index in [1.54, 1.807) is 0 Å². The third kappa shape index (κ3) is 2.74. The number of aromatic nitrogens is 3. The quantitative estimate of drug-likeness (QED) is 0.787. The molecule has 0 aliphatic heterocycles. The first kappa shape index (κ1) is 12.5. The third-order valence-corrected chi connectivity index (χ3v) is 3.21. The van der Waals surface area contributed by atoms with Crippen molar-refractivity contribution in [1.82, 2.24) is 15.2 Å². The zero-order chi connectivity index (χ0) is 13.8. The molecule has 0 radical (unpaired) electrons. The molecule has 3 rings (SSSR count). The van der Waals surface area contributed by atoms with Gasteiger partial charge in [0.15, 0.2) is 0 Å². The maximum absolute atomic E-state index is 4.46. The Labute approximate surface area is 117 Å². The molecule has 100 valence electrons. The molecule has 1 aromatic carbocycles. The van der Waals surface area contributed by atoms with Gasteiger partial charge in [0.2, 0.25) is 0 Å². The fraction of sp³-hybridized carbons (Fsp3) is 0.188. The van der Waals surface area contributed by atoms with Gasteiger partial charge in [-0.05, 0) is 37.1 Å². The zero-order valence-electron chi connectivity index (χ0n) is 11.4. The lowest BCUT2D eigenvalue weighted by Crippen LogP contribution is -2.07. The van der Waals surface area contributed by atoms with Gasteiger partial charge >= 0.3 is 0 Å². The molecule has 0 unspecified atom stereocenters. The highest BCUT2D eigenvalue weighted by atomic mass is 15.2. The number of pyridine rings is 1. The highest BCUT2D eigenvalue weighted by Gasteiger charge is 2.01. The summed E-state index contributed by atoms with van der Waals surface area (Å²) in [6.45, 7) is 2.74. The summed E-state index contributed by atoms with van der Waals surface area (Å²) in [5.41, 5.74) is 3.25. The van der Waals surface area contributed by atoms with E-state index in [-0.39, 0.29) is 0 Å². The molecule has 0 spiro atoms. The van der Waals surface area contributed by atoms with E-state index in [0.717, 1.165) is 30.0 Å². The van der Waals surface area contributed by atoms with Crippen LogP contribution >= 0.6 is 0 Å². The fourth-order valence-electron chi connectivity index (χ4n) is 2.19. The van der Waals surface area contributed by atoms with Crippen LogP contribution in [0.3, 0.4) is 0 Å². The summed E-state index contributed by atoms with van der Waals surface area (Å²) in [7, 11) is 0. The van der Waals surface area contributed by atoms with Crippen molar-refractivity contribution in [3.63, 3.8) is 0 Å². The second-order valence-electron chi connectivity index (χ2n) is 4.73. The Bertz CT molecular complexity index is 702. The van der Waals surface area contributed by atoms with Crippen LogP contribution in [-0.2, 0) is 6.42 Å². The highest BCUT2D eigenvalue weighted by molar-refractivity contribution is 5.81. The van der Waals surface area contributed by atoms with Crippen molar-refractivity contribution >= 4 is 16.7 Å². The van der Waals surface area contributed by atoms with Gasteiger partial charge in [0.05, 0.1) is 11.2 Å². The molecule has 0 amide bonds. The first-order chi connectivity index (χ1) is 9.83. The van der Waals surface area contributed by atoms with Gasteiger partial charge in [-0.1, -0.05) is 24.3 Å². The number of fused-ring (bicyclic) bond motifs is 1. The number of benzene rings is 1. The first-order valence-corrected chi connectivity index (χ1v) is 6.70. The predicted octanol–water partition coefficient (Wildman–Crippen LogP) is 2.99. The molecule has 20 heavy (non-hydrogen) atoms. The summed E-state index contributed by atoms with van der Waals surface area (Å²) in [5.74, 6) is 0.809. The average molecular weight is 264 g/mol. The highest BCUT2D eigenvalue weighted by Crippen LogP contribution is 2.16. The van der Waals surface area contributed by atoms with E-state index in [1.807, 2.05) is 31.3 Å². The van der Waals surface area contributed by atoms with Crippen LogP contribution in [0.25, 0.3) is 10.9 Å². The Morgan fingerprint density at radius 2 is 1.90 bits per heavy atom. The number of aryl methyl sites for hydroxylation is 1. The van der Waals surface area contributed by atoms with E-state index < -0.39 is 0 Å². The number of anilines is 1. The van der Waals surface area contributed by atoms with E-state index in [1.165, 1.54) is 10.9 Å². The largest absolute Gasteiger partial charge is 0.368 e. The molecule has 4 heteroatoms. The molecule has 2 aromatic heterocycles. The van der Waals surface area contributed by atoms with Gasteiger partial charge < -0.3 is 5.32 Å². The van der Waals surface area contributed by atoms with Gasteiger partial charge in [0.1, 0.15) is 5.82 Å². The first-order valence-electron chi connectivity index (χ1n) is 6.70. The standard InChI is InChI=1S/C16H16N4/c1-12-7-8-15(20-19-12)17-11-9-14-5-2-4-13-6-3-10-18-16(13)14/h2-8,10H,9,11H2,1H3,(H,17,20). The number of nitrogens with one attached hydrogen (secondary N) is 1. The van der Waals surface area contributed by atoms with E-state index in [9.17, 15) is 0 Å². The number of hydrogen-bond donors (Lipinski definition) is 1. The molecular formula is C16H16N4. The van der Waals surface area contributed by atoms with Gasteiger partial charge in [-0.25, -0.2) is 0 Å². The molecule has 0 atom stereocenters. The van der Waals surface area contributed by atoms with E-state index in [0.29, 0.717) is 0 Å². The van der Waals surface area contributed by atoms with Gasteiger partial charge in [0, 0.05) is 18.1 Å². The minimum Gasteiger partial charge on any atom is -0.368 e. The van der Waals surface area contributed by atoms with Crippen LogP contribution in [0.5, 0.6) is 0 Å². The third-order valence-electron chi connectivity index (χ3n) is 3.21. The molecule has 0 saturated carbocycles. The summed E-state index contributed by atoms with van der Waals surface area (Å²) < 4.78 is 0. The van der Waals surface area contributed by atoms with Crippen LogP contribution in [0.4, 0.5) is 5.82 Å². The Balaban J connectivity index is 1.69. The average Bonchev–Trinajstić information content (AvgIpc) is 2.49. The molecule has 0 bridgehead atoms. The van der Waals surface area contributed by atoms with Crippen molar-refractivity contribution in [2.24, 2.45) is 0 Å². The molecule has 0 aliphatic carbocycles. The predicted molar refractivity (Wildman–Crippen MR) is 80.7 cm³/mol. The van der Waals surface area contributed by atoms with Gasteiger partial charge in [0.25, 0.3) is 0 Å². The number of nitrogens with zero attached hydrogens (tertiary/aromatic N) is 3. The van der Waals surface area contributed by atoms with Crippen LogP contribution < -0.4 is 5.32 Å². The summed E-state index contributed by atoms with van der Waals surface area (Å²) in [5, 5.41) is 12.6. The molecule has 0 saturated heterocycles. The minimum atomic E-state index is 0.809. The Morgan fingerprint density at radius 3 is 2.75 bits per heavy atom. The van der Waals surface area contributed by atoms with Crippen LogP contribution in [0.1, 0.15) is 11.3 Å². The number of para-hydroxylation sites is 1. The topological polar surface area (TPSA) is 50.7 Å². The van der Waals surface area contributed by atoms with Crippen LogP contribution in [-0.4, -0.2) is 21.7 Å². The van der Waals surface area contributed by atoms with Gasteiger partial charge in [-0.2, -0.15) is 5.10 Å². The van der Waals surface area contributed by atoms with Crippen molar-refractivity contribution in [3.05, 3.63) is 59.9 Å². The zero-order valence-corrected chi connectivity index (χ0v) is 11.4. The van der Waals surface area contributed by atoms with Gasteiger partial charge in [-0.3, -0.25) is 4.98 Å². The van der Waals surface area contributed by atoms with E-state index in [2.05, 4.69) is 44.8 Å². The fourth-order valence-corrected chi connectivity index (χ4v) is 2.19. The summed E-state index contributed by atoms with van der Waals surface area (Å²) >= 11 is 0. The van der Waals surface area contributed by atoms with E-state index in [4.69, 9.17) is 0 Å². The lowest BCUT2D eigenvalue weighted by atomic mass is 10.1. The molecule has 1 N–H and O–H groups in total. The lowest BCUT2D eigenvalue weighted by molar-refractivity contribution is 0.946. The van der Waals surface area contributed by atoms with Crippen molar-refractivity contribution < 1.29 is 0 Å². The summed E-state index contributed by atoms with van der Waals surface area (Å²) in [4.78, 5) is 4.46. The molecular weight excluding hydrogens is 248 g/mol. The molecule has 2 heterocycles. The van der Waals surface area contributed by atoms with Crippen LogP contribution in [0.2, 0.25) is 0 Å². The van der Waals surface area contributed by atoms with Gasteiger partial charge in [-0.15, -0.1) is 5.10 Å². The monoisotopic (exact) mass is 264 g/mol.